The Labute approximate surface area is 333 Å². The maximum Gasteiger partial charge on any atom is 0.0541 e. The summed E-state index contributed by atoms with van der Waals surface area (Å²) in [5, 5.41) is 5.03. The molecular formula is C55H40N2. The molecule has 57 heavy (non-hydrogen) atoms. The predicted octanol–water partition coefficient (Wildman–Crippen LogP) is 15.0. The van der Waals surface area contributed by atoms with E-state index in [4.69, 9.17) is 0 Å². The van der Waals surface area contributed by atoms with Gasteiger partial charge in [-0.1, -0.05) is 153 Å². The summed E-state index contributed by atoms with van der Waals surface area (Å²) in [6, 6.07) is 75.6. The van der Waals surface area contributed by atoms with Crippen molar-refractivity contribution >= 4 is 49.6 Å². The zero-order valence-corrected chi connectivity index (χ0v) is 32.0. The summed E-state index contributed by atoms with van der Waals surface area (Å²) in [4.78, 5) is 2.41. The summed E-state index contributed by atoms with van der Waals surface area (Å²) < 4.78 is 2.37. The molecule has 10 aromatic rings. The Morgan fingerprint density at radius 3 is 1.75 bits per heavy atom. The molecule has 0 aliphatic heterocycles. The van der Waals surface area contributed by atoms with Crippen LogP contribution in [0, 0.1) is 0 Å². The van der Waals surface area contributed by atoms with Crippen molar-refractivity contribution in [2.45, 2.75) is 19.3 Å². The minimum Gasteiger partial charge on any atom is -0.310 e. The van der Waals surface area contributed by atoms with Crippen LogP contribution >= 0.6 is 0 Å². The molecule has 0 fully saturated rings. The molecule has 0 N–H and O–H groups in total. The summed E-state index contributed by atoms with van der Waals surface area (Å²) >= 11 is 0. The van der Waals surface area contributed by atoms with Gasteiger partial charge in [-0.3, -0.25) is 0 Å². The van der Waals surface area contributed by atoms with Gasteiger partial charge < -0.3 is 9.47 Å². The molecule has 0 spiro atoms. The molecule has 0 unspecified atom stereocenters. The van der Waals surface area contributed by atoms with E-state index in [1.54, 1.807) is 0 Å². The minimum absolute atomic E-state index is 0.0992. The van der Waals surface area contributed by atoms with Gasteiger partial charge in [-0.05, 0) is 122 Å². The van der Waals surface area contributed by atoms with Crippen LogP contribution in [0.25, 0.3) is 71.6 Å². The second-order valence-electron chi connectivity index (χ2n) is 15.8. The summed E-state index contributed by atoms with van der Waals surface area (Å²) in [6.07, 6.45) is 0. The smallest absolute Gasteiger partial charge is 0.0541 e. The Kier molecular flexibility index (Phi) is 7.55. The van der Waals surface area contributed by atoms with Crippen LogP contribution in [-0.2, 0) is 5.41 Å². The van der Waals surface area contributed by atoms with E-state index in [1.165, 1.54) is 82.8 Å². The van der Waals surface area contributed by atoms with Gasteiger partial charge in [-0.2, -0.15) is 0 Å². The number of fused-ring (bicyclic) bond motifs is 7. The van der Waals surface area contributed by atoms with E-state index in [1.807, 2.05) is 0 Å². The zero-order valence-electron chi connectivity index (χ0n) is 32.0. The third kappa shape index (κ3) is 5.33. The molecule has 0 saturated carbocycles. The molecule has 0 bridgehead atoms. The molecule has 0 radical (unpaired) electrons. The van der Waals surface area contributed by atoms with E-state index in [2.05, 4.69) is 230 Å². The first-order valence-corrected chi connectivity index (χ1v) is 19.8. The summed E-state index contributed by atoms with van der Waals surface area (Å²) in [5.41, 5.74) is 17.1. The topological polar surface area (TPSA) is 8.17 Å². The van der Waals surface area contributed by atoms with Gasteiger partial charge in [0.2, 0.25) is 0 Å². The van der Waals surface area contributed by atoms with Crippen LogP contribution in [0.3, 0.4) is 0 Å². The quantitative estimate of drug-likeness (QED) is 0.165. The van der Waals surface area contributed by atoms with Crippen LogP contribution < -0.4 is 4.90 Å². The van der Waals surface area contributed by atoms with Gasteiger partial charge in [-0.15, -0.1) is 0 Å². The van der Waals surface area contributed by atoms with Crippen molar-refractivity contribution in [1.82, 2.24) is 4.57 Å². The second kappa shape index (κ2) is 13.0. The van der Waals surface area contributed by atoms with Crippen molar-refractivity contribution in [2.24, 2.45) is 0 Å². The first-order valence-electron chi connectivity index (χ1n) is 19.8. The fraction of sp³-hybridized carbons (Fsp3) is 0.0545. The number of aromatic nitrogens is 1. The van der Waals surface area contributed by atoms with E-state index < -0.39 is 0 Å². The molecule has 2 heteroatoms. The van der Waals surface area contributed by atoms with Crippen LogP contribution in [0.15, 0.2) is 206 Å². The molecular weight excluding hydrogens is 689 g/mol. The molecule has 11 rings (SSSR count). The molecule has 2 nitrogen and oxygen atoms in total. The number of para-hydroxylation sites is 2. The van der Waals surface area contributed by atoms with E-state index in [-0.39, 0.29) is 5.41 Å². The van der Waals surface area contributed by atoms with Crippen molar-refractivity contribution in [3.63, 3.8) is 0 Å². The lowest BCUT2D eigenvalue weighted by Crippen LogP contribution is -2.16. The van der Waals surface area contributed by atoms with Crippen molar-refractivity contribution < 1.29 is 0 Å². The average Bonchev–Trinajstić information content (AvgIpc) is 3.72. The fourth-order valence-corrected chi connectivity index (χ4v) is 9.36. The normalized spacial score (nSPS) is 12.9. The maximum absolute atomic E-state index is 2.41. The summed E-state index contributed by atoms with van der Waals surface area (Å²) in [7, 11) is 0. The largest absolute Gasteiger partial charge is 0.310 e. The number of rotatable bonds is 6. The minimum atomic E-state index is -0.0992. The van der Waals surface area contributed by atoms with Crippen molar-refractivity contribution in [2.75, 3.05) is 4.90 Å². The monoisotopic (exact) mass is 728 g/mol. The Morgan fingerprint density at radius 1 is 0.368 bits per heavy atom. The van der Waals surface area contributed by atoms with Gasteiger partial charge >= 0.3 is 0 Å². The molecule has 0 atom stereocenters. The highest BCUT2D eigenvalue weighted by Gasteiger charge is 2.35. The Hall–Kier alpha value is -7.16. The third-order valence-corrected chi connectivity index (χ3v) is 12.2. The average molecular weight is 729 g/mol. The molecule has 1 aromatic heterocycles. The molecule has 1 aliphatic rings. The highest BCUT2D eigenvalue weighted by molar-refractivity contribution is 6.10. The lowest BCUT2D eigenvalue weighted by Gasteiger charge is -2.28. The van der Waals surface area contributed by atoms with Crippen LogP contribution in [0.1, 0.15) is 25.0 Å². The van der Waals surface area contributed by atoms with Gasteiger partial charge in [-0.25, -0.2) is 0 Å². The molecule has 270 valence electrons. The number of hydrogen-bond acceptors (Lipinski definition) is 1. The number of anilines is 3. The Bertz CT molecular complexity index is 3130. The lowest BCUT2D eigenvalue weighted by atomic mass is 9.82. The summed E-state index contributed by atoms with van der Waals surface area (Å²) in [6.45, 7) is 4.71. The first-order chi connectivity index (χ1) is 28.0. The van der Waals surface area contributed by atoms with Gasteiger partial charge in [0.1, 0.15) is 0 Å². The predicted molar refractivity (Wildman–Crippen MR) is 241 cm³/mol. The van der Waals surface area contributed by atoms with Crippen LogP contribution in [0.2, 0.25) is 0 Å². The van der Waals surface area contributed by atoms with Gasteiger partial charge in [0.25, 0.3) is 0 Å². The fourth-order valence-electron chi connectivity index (χ4n) is 9.36. The lowest BCUT2D eigenvalue weighted by molar-refractivity contribution is 0.660. The van der Waals surface area contributed by atoms with E-state index in [9.17, 15) is 0 Å². The molecule has 1 aliphatic carbocycles. The number of hydrogen-bond donors (Lipinski definition) is 0. The van der Waals surface area contributed by atoms with Crippen molar-refractivity contribution in [3.05, 3.63) is 217 Å². The highest BCUT2D eigenvalue weighted by atomic mass is 15.1. The maximum atomic E-state index is 2.41. The van der Waals surface area contributed by atoms with Crippen LogP contribution in [0.4, 0.5) is 17.1 Å². The van der Waals surface area contributed by atoms with Crippen molar-refractivity contribution in [3.8, 4) is 39.1 Å². The standard InChI is InChI=1S/C55H40N2/c1-55(2)51-21-10-8-18-47(51)48-33-32-44(36-52(48)55)56(43-30-25-39(26-31-43)46-20-12-14-38-13-6-7-17-45(38)46)42-28-23-37(24-29-42)40-27-34-54-50(35-40)49-19-9-11-22-53(49)57(54)41-15-4-3-5-16-41/h3-36H,1-2H3. The SMILES string of the molecule is CC1(C)c2ccccc2-c2ccc(N(c3ccc(-c4ccc5c(c4)c4ccccc4n5-c4ccccc4)cc3)c3ccc(-c4cccc5ccccc45)cc3)cc21. The highest BCUT2D eigenvalue weighted by Crippen LogP contribution is 2.51. The Balaban J connectivity index is 1.02. The molecule has 9 aromatic carbocycles. The number of nitrogens with zero attached hydrogens (tertiary/aromatic N) is 2. The van der Waals surface area contributed by atoms with Crippen LogP contribution in [0.5, 0.6) is 0 Å². The van der Waals surface area contributed by atoms with E-state index in [0.717, 1.165) is 17.1 Å². The van der Waals surface area contributed by atoms with E-state index >= 15 is 0 Å². The van der Waals surface area contributed by atoms with Gasteiger partial charge in [0.15, 0.2) is 0 Å². The molecule has 0 saturated heterocycles. The third-order valence-electron chi connectivity index (χ3n) is 12.2. The molecule has 1 heterocycles. The Morgan fingerprint density at radius 2 is 0.947 bits per heavy atom. The number of benzene rings is 9. The summed E-state index contributed by atoms with van der Waals surface area (Å²) in [5.74, 6) is 0. The van der Waals surface area contributed by atoms with Crippen LogP contribution in [-0.4, -0.2) is 4.57 Å². The zero-order chi connectivity index (χ0) is 38.1. The van der Waals surface area contributed by atoms with Gasteiger partial charge in [0, 0.05) is 38.9 Å². The van der Waals surface area contributed by atoms with E-state index in [0.29, 0.717) is 0 Å². The second-order valence-corrected chi connectivity index (χ2v) is 15.8. The molecule has 0 amide bonds. The van der Waals surface area contributed by atoms with Gasteiger partial charge in [0.05, 0.1) is 11.0 Å². The first kappa shape index (κ1) is 33.2. The van der Waals surface area contributed by atoms with Crippen molar-refractivity contribution in [1.29, 1.82) is 0 Å².